The number of amides is 3. The van der Waals surface area contributed by atoms with Crippen LogP contribution in [0.1, 0.15) is 31.2 Å². The highest BCUT2D eigenvalue weighted by atomic mass is 19.4. The quantitative estimate of drug-likeness (QED) is 0.808. The Balaban J connectivity index is 1.39. The number of alkyl halides is 3. The molecule has 152 valence electrons. The fourth-order valence-electron chi connectivity index (χ4n) is 4.68. The van der Waals surface area contributed by atoms with Gasteiger partial charge in [-0.25, -0.2) is 4.79 Å². The van der Waals surface area contributed by atoms with Crippen LogP contribution >= 0.6 is 0 Å². The molecule has 3 amide bonds. The molecule has 0 aliphatic carbocycles. The van der Waals surface area contributed by atoms with Crippen LogP contribution in [-0.2, 0) is 11.0 Å². The number of anilines is 1. The molecule has 3 atom stereocenters. The first kappa shape index (κ1) is 19.0. The zero-order chi connectivity index (χ0) is 19.9. The van der Waals surface area contributed by atoms with Crippen LogP contribution in [0.3, 0.4) is 0 Å². The molecule has 9 heteroatoms. The third-order valence-electron chi connectivity index (χ3n) is 5.99. The summed E-state index contributed by atoms with van der Waals surface area (Å²) in [5.41, 5.74) is -0.385. The normalized spacial score (nSPS) is 28.2. The van der Waals surface area contributed by atoms with E-state index in [9.17, 15) is 22.8 Å². The van der Waals surface area contributed by atoms with E-state index in [0.717, 1.165) is 44.4 Å². The van der Waals surface area contributed by atoms with Crippen molar-refractivity contribution in [3.05, 3.63) is 29.8 Å². The van der Waals surface area contributed by atoms with E-state index < -0.39 is 11.7 Å². The number of halogens is 3. The number of nitrogens with zero attached hydrogens (tertiary/aromatic N) is 2. The first-order valence-corrected chi connectivity index (χ1v) is 9.58. The smallest absolute Gasteiger partial charge is 0.354 e. The Morgan fingerprint density at radius 1 is 1.07 bits per heavy atom. The van der Waals surface area contributed by atoms with Crippen molar-refractivity contribution in [3.8, 4) is 0 Å². The van der Waals surface area contributed by atoms with Gasteiger partial charge in [0.1, 0.15) is 0 Å². The van der Waals surface area contributed by atoms with Gasteiger partial charge < -0.3 is 15.5 Å². The number of carbonyl (C=O) groups is 2. The highest BCUT2D eigenvalue weighted by Crippen LogP contribution is 2.38. The van der Waals surface area contributed by atoms with Gasteiger partial charge in [-0.15, -0.1) is 0 Å². The molecule has 3 aliphatic rings. The highest BCUT2D eigenvalue weighted by Gasteiger charge is 2.45. The summed E-state index contributed by atoms with van der Waals surface area (Å²) in [7, 11) is 0. The minimum atomic E-state index is -4.39. The third kappa shape index (κ3) is 3.80. The molecule has 3 aliphatic heterocycles. The Kier molecular flexibility index (Phi) is 4.95. The maximum atomic E-state index is 12.8. The Labute approximate surface area is 161 Å². The van der Waals surface area contributed by atoms with Crippen molar-refractivity contribution in [2.75, 3.05) is 25.0 Å². The predicted molar refractivity (Wildman–Crippen MR) is 96.7 cm³/mol. The molecule has 0 saturated carbocycles. The van der Waals surface area contributed by atoms with Gasteiger partial charge in [0.05, 0.1) is 12.1 Å². The van der Waals surface area contributed by atoms with Crippen LogP contribution in [0, 0.1) is 0 Å². The van der Waals surface area contributed by atoms with Crippen LogP contribution in [0.2, 0.25) is 0 Å². The highest BCUT2D eigenvalue weighted by molar-refractivity contribution is 5.90. The second-order valence-corrected chi connectivity index (χ2v) is 7.74. The van der Waals surface area contributed by atoms with Crippen LogP contribution in [0.25, 0.3) is 0 Å². The molecule has 2 bridgehead atoms. The lowest BCUT2D eigenvalue weighted by molar-refractivity contribution is -0.137. The van der Waals surface area contributed by atoms with Gasteiger partial charge in [0, 0.05) is 36.9 Å². The van der Waals surface area contributed by atoms with Crippen LogP contribution in [0.15, 0.2) is 24.3 Å². The molecule has 3 heterocycles. The second kappa shape index (κ2) is 7.27. The number of benzene rings is 1. The van der Waals surface area contributed by atoms with E-state index in [4.69, 9.17) is 0 Å². The van der Waals surface area contributed by atoms with E-state index in [1.54, 1.807) is 0 Å². The van der Waals surface area contributed by atoms with Crippen molar-refractivity contribution in [2.45, 2.75) is 50.0 Å². The number of urea groups is 1. The monoisotopic (exact) mass is 396 g/mol. The Morgan fingerprint density at radius 2 is 1.71 bits per heavy atom. The number of piperidine rings is 1. The van der Waals surface area contributed by atoms with E-state index in [0.29, 0.717) is 24.8 Å². The molecule has 3 fully saturated rings. The Bertz CT molecular complexity index is 739. The van der Waals surface area contributed by atoms with Crippen molar-refractivity contribution in [1.82, 2.24) is 15.1 Å². The van der Waals surface area contributed by atoms with Crippen molar-refractivity contribution in [2.24, 2.45) is 0 Å². The lowest BCUT2D eigenvalue weighted by Gasteiger charge is -2.44. The molecule has 2 N–H and O–H groups in total. The van der Waals surface area contributed by atoms with Crippen LogP contribution in [-0.4, -0.2) is 59.5 Å². The van der Waals surface area contributed by atoms with Gasteiger partial charge in [-0.05, 0) is 49.9 Å². The second-order valence-electron chi connectivity index (χ2n) is 7.74. The fraction of sp³-hybridized carbons (Fsp3) is 0.579. The molecule has 1 unspecified atom stereocenters. The molecular formula is C19H23F3N4O2. The van der Waals surface area contributed by atoms with Crippen molar-refractivity contribution in [1.29, 1.82) is 0 Å². The number of carbonyl (C=O) groups excluding carboxylic acids is 2. The molecule has 0 spiro atoms. The van der Waals surface area contributed by atoms with Gasteiger partial charge in [-0.2, -0.15) is 13.2 Å². The average molecular weight is 396 g/mol. The van der Waals surface area contributed by atoms with Gasteiger partial charge in [0.15, 0.2) is 0 Å². The standard InChI is InChI=1S/C19H23F3N4O2/c20-19(21,22)12-1-3-13(4-2-12)24-18(28)26-14-5-6-15(26)10-16(9-14)25-8-7-23-17(27)11-25/h1-4,14-16H,5-11H2,(H,23,27)(H,24,28)/t14-,15+,16?. The molecule has 6 nitrogen and oxygen atoms in total. The third-order valence-corrected chi connectivity index (χ3v) is 5.99. The zero-order valence-corrected chi connectivity index (χ0v) is 15.3. The summed E-state index contributed by atoms with van der Waals surface area (Å²) in [5, 5.41) is 5.57. The lowest BCUT2D eigenvalue weighted by atomic mass is 9.95. The molecule has 3 saturated heterocycles. The molecule has 0 aromatic heterocycles. The number of fused-ring (bicyclic) bond motifs is 2. The Morgan fingerprint density at radius 3 is 2.29 bits per heavy atom. The van der Waals surface area contributed by atoms with Gasteiger partial charge in [0.25, 0.3) is 0 Å². The average Bonchev–Trinajstić information content (AvgIpc) is 2.91. The van der Waals surface area contributed by atoms with Gasteiger partial charge in [-0.3, -0.25) is 9.69 Å². The molecule has 0 radical (unpaired) electrons. The summed E-state index contributed by atoms with van der Waals surface area (Å²) < 4.78 is 38.0. The zero-order valence-electron chi connectivity index (χ0n) is 15.3. The summed E-state index contributed by atoms with van der Waals surface area (Å²) in [5.74, 6) is 0.0427. The van der Waals surface area contributed by atoms with Gasteiger partial charge in [0.2, 0.25) is 5.91 Å². The van der Waals surface area contributed by atoms with Gasteiger partial charge in [-0.1, -0.05) is 0 Å². The molecule has 1 aromatic carbocycles. The van der Waals surface area contributed by atoms with E-state index >= 15 is 0 Å². The van der Waals surface area contributed by atoms with Gasteiger partial charge >= 0.3 is 12.2 Å². The predicted octanol–water partition coefficient (Wildman–Crippen LogP) is 2.66. The number of hydrogen-bond acceptors (Lipinski definition) is 3. The van der Waals surface area contributed by atoms with Crippen molar-refractivity contribution in [3.63, 3.8) is 0 Å². The first-order chi connectivity index (χ1) is 13.3. The van der Waals surface area contributed by atoms with Crippen LogP contribution in [0.4, 0.5) is 23.7 Å². The van der Waals surface area contributed by atoms with Crippen LogP contribution < -0.4 is 10.6 Å². The number of rotatable bonds is 2. The van der Waals surface area contributed by atoms with Crippen molar-refractivity contribution >= 4 is 17.6 Å². The summed E-state index contributed by atoms with van der Waals surface area (Å²) in [6.07, 6.45) is -0.910. The minimum absolute atomic E-state index is 0.0427. The summed E-state index contributed by atoms with van der Waals surface area (Å²) >= 11 is 0. The van der Waals surface area contributed by atoms with E-state index in [-0.39, 0.29) is 24.0 Å². The summed E-state index contributed by atoms with van der Waals surface area (Å²) in [6.45, 7) is 1.89. The molecular weight excluding hydrogens is 373 g/mol. The molecule has 28 heavy (non-hydrogen) atoms. The maximum absolute atomic E-state index is 12.8. The van der Waals surface area contributed by atoms with E-state index in [1.165, 1.54) is 12.1 Å². The van der Waals surface area contributed by atoms with Crippen molar-refractivity contribution < 1.29 is 22.8 Å². The maximum Gasteiger partial charge on any atom is 0.416 e. The number of piperazine rings is 1. The van der Waals surface area contributed by atoms with Crippen LogP contribution in [0.5, 0.6) is 0 Å². The fourth-order valence-corrected chi connectivity index (χ4v) is 4.68. The SMILES string of the molecule is O=C1CN(C2C[C@H]3CC[C@@H](C2)N3C(=O)Nc2ccc(C(F)(F)F)cc2)CCN1. The summed E-state index contributed by atoms with van der Waals surface area (Å²) in [4.78, 5) is 28.5. The molecule has 4 rings (SSSR count). The lowest BCUT2D eigenvalue weighted by Crippen LogP contribution is -2.57. The molecule has 1 aromatic rings. The summed E-state index contributed by atoms with van der Waals surface area (Å²) in [6, 6.07) is 4.73. The number of nitrogens with one attached hydrogen (secondary N) is 2. The largest absolute Gasteiger partial charge is 0.416 e. The Hall–Kier alpha value is -2.29. The number of hydrogen-bond donors (Lipinski definition) is 2. The van der Waals surface area contributed by atoms with E-state index in [1.807, 2.05) is 4.90 Å². The van der Waals surface area contributed by atoms with E-state index in [2.05, 4.69) is 15.5 Å². The topological polar surface area (TPSA) is 64.7 Å². The first-order valence-electron chi connectivity index (χ1n) is 9.58. The minimum Gasteiger partial charge on any atom is -0.354 e.